The second-order valence-corrected chi connectivity index (χ2v) is 10.4. The van der Waals surface area contributed by atoms with E-state index in [-0.39, 0.29) is 0 Å². The lowest BCUT2D eigenvalue weighted by Crippen LogP contribution is -2.62. The second kappa shape index (κ2) is 8.95. The molecule has 1 aliphatic rings. The van der Waals surface area contributed by atoms with Gasteiger partial charge in [0.15, 0.2) is 0 Å². The van der Waals surface area contributed by atoms with E-state index in [0.717, 1.165) is 54.2 Å². The van der Waals surface area contributed by atoms with Gasteiger partial charge >= 0.3 is 8.56 Å². The maximum absolute atomic E-state index is 6.03. The van der Waals surface area contributed by atoms with Gasteiger partial charge in [-0.15, -0.1) is 0 Å². The minimum atomic E-state index is -2.49. The molecule has 0 aromatic heterocycles. The van der Waals surface area contributed by atoms with E-state index in [0.29, 0.717) is 0 Å². The van der Waals surface area contributed by atoms with Gasteiger partial charge in [0.05, 0.1) is 0 Å². The Morgan fingerprint density at radius 3 is 2.00 bits per heavy atom. The summed E-state index contributed by atoms with van der Waals surface area (Å²) in [5.41, 5.74) is 3.30. The standard InChI is InChI=1S/C22H30N2O2Si/c1-19(20-8-6-5-7-9-20)21-10-12-22(13-11-21)27(25-3,26-4)18-24-16-14-23(2)15-17-24/h5-13H,1,14-18H2,2-4H3. The third kappa shape index (κ3) is 4.57. The van der Waals surface area contributed by atoms with Crippen LogP contribution in [-0.2, 0) is 8.85 Å². The van der Waals surface area contributed by atoms with Crippen LogP contribution in [0.1, 0.15) is 11.1 Å². The van der Waals surface area contributed by atoms with Gasteiger partial charge in [0.1, 0.15) is 0 Å². The summed E-state index contributed by atoms with van der Waals surface area (Å²) < 4.78 is 12.1. The van der Waals surface area contributed by atoms with E-state index >= 15 is 0 Å². The number of nitrogens with zero attached hydrogens (tertiary/aromatic N) is 2. The molecule has 0 atom stereocenters. The summed E-state index contributed by atoms with van der Waals surface area (Å²) in [6, 6.07) is 18.9. The number of piperazine rings is 1. The molecule has 27 heavy (non-hydrogen) atoms. The molecule has 4 nitrogen and oxygen atoms in total. The van der Waals surface area contributed by atoms with Crippen molar-refractivity contribution >= 4 is 19.3 Å². The van der Waals surface area contributed by atoms with Gasteiger partial charge in [-0.3, -0.25) is 4.90 Å². The number of benzene rings is 2. The van der Waals surface area contributed by atoms with Crippen LogP contribution in [-0.4, -0.2) is 72.0 Å². The van der Waals surface area contributed by atoms with Crippen molar-refractivity contribution in [2.75, 3.05) is 53.6 Å². The molecule has 5 heteroatoms. The quantitative estimate of drug-likeness (QED) is 0.687. The summed E-state index contributed by atoms with van der Waals surface area (Å²) in [5, 5.41) is 1.16. The van der Waals surface area contributed by atoms with Crippen molar-refractivity contribution in [3.8, 4) is 0 Å². The summed E-state index contributed by atoms with van der Waals surface area (Å²) >= 11 is 0. The number of likely N-dealkylation sites (N-methyl/N-ethyl adjacent to an activating group) is 1. The Bertz CT molecular complexity index is 737. The summed E-state index contributed by atoms with van der Waals surface area (Å²) in [7, 11) is 3.25. The van der Waals surface area contributed by atoms with Crippen LogP contribution in [0.2, 0.25) is 0 Å². The van der Waals surface area contributed by atoms with Crippen LogP contribution in [0.15, 0.2) is 61.2 Å². The second-order valence-electron chi connectivity index (χ2n) is 7.16. The molecule has 0 radical (unpaired) electrons. The molecule has 144 valence electrons. The molecule has 0 N–H and O–H groups in total. The average Bonchev–Trinajstić information content (AvgIpc) is 2.74. The fourth-order valence-electron chi connectivity index (χ4n) is 3.57. The largest absolute Gasteiger partial charge is 0.394 e. The first-order chi connectivity index (χ1) is 13.1. The highest BCUT2D eigenvalue weighted by molar-refractivity contribution is 6.81. The fraction of sp³-hybridized carbons (Fsp3) is 0.364. The van der Waals surface area contributed by atoms with Crippen molar-refractivity contribution in [1.82, 2.24) is 9.80 Å². The van der Waals surface area contributed by atoms with Crippen LogP contribution >= 0.6 is 0 Å². The van der Waals surface area contributed by atoms with Gasteiger partial charge in [0.25, 0.3) is 0 Å². The van der Waals surface area contributed by atoms with Gasteiger partial charge < -0.3 is 13.8 Å². The van der Waals surface area contributed by atoms with Gasteiger partial charge in [-0.25, -0.2) is 0 Å². The lowest BCUT2D eigenvalue weighted by atomic mass is 10.00. The summed E-state index contributed by atoms with van der Waals surface area (Å²) in [6.45, 7) is 8.56. The molecular weight excluding hydrogens is 352 g/mol. The van der Waals surface area contributed by atoms with Crippen LogP contribution in [0.25, 0.3) is 5.57 Å². The molecule has 2 aromatic carbocycles. The maximum atomic E-state index is 6.03. The molecule has 0 saturated carbocycles. The summed E-state index contributed by atoms with van der Waals surface area (Å²) in [5.74, 6) is 0. The Morgan fingerprint density at radius 2 is 1.44 bits per heavy atom. The van der Waals surface area contributed by atoms with E-state index in [2.05, 4.69) is 59.8 Å². The van der Waals surface area contributed by atoms with Crippen LogP contribution in [0.4, 0.5) is 0 Å². The first-order valence-corrected chi connectivity index (χ1v) is 11.5. The van der Waals surface area contributed by atoms with E-state index in [9.17, 15) is 0 Å². The third-order valence-corrected chi connectivity index (χ3v) is 8.88. The number of rotatable bonds is 7. The van der Waals surface area contributed by atoms with E-state index in [1.165, 1.54) is 0 Å². The molecular formula is C22H30N2O2Si. The van der Waals surface area contributed by atoms with Crippen LogP contribution in [0, 0.1) is 0 Å². The molecule has 1 fully saturated rings. The van der Waals surface area contributed by atoms with E-state index in [1.54, 1.807) is 14.2 Å². The fourth-order valence-corrected chi connectivity index (χ4v) is 6.23. The zero-order chi connectivity index (χ0) is 19.3. The van der Waals surface area contributed by atoms with Crippen molar-refractivity contribution in [2.24, 2.45) is 0 Å². The summed E-state index contributed by atoms with van der Waals surface area (Å²) in [4.78, 5) is 4.83. The maximum Gasteiger partial charge on any atom is 0.386 e. The van der Waals surface area contributed by atoms with E-state index < -0.39 is 8.56 Å². The molecule has 0 bridgehead atoms. The Balaban J connectivity index is 1.78. The zero-order valence-electron chi connectivity index (χ0n) is 16.6. The lowest BCUT2D eigenvalue weighted by Gasteiger charge is -2.37. The molecule has 1 heterocycles. The highest BCUT2D eigenvalue weighted by atomic mass is 28.4. The monoisotopic (exact) mass is 382 g/mol. The van der Waals surface area contributed by atoms with Gasteiger partial charge in [-0.1, -0.05) is 61.2 Å². The smallest absolute Gasteiger partial charge is 0.386 e. The minimum Gasteiger partial charge on any atom is -0.394 e. The number of hydrogen-bond donors (Lipinski definition) is 0. The van der Waals surface area contributed by atoms with Gasteiger partial charge in [-0.2, -0.15) is 0 Å². The molecule has 1 aliphatic heterocycles. The first kappa shape index (κ1) is 20.0. The Morgan fingerprint density at radius 1 is 0.889 bits per heavy atom. The SMILES string of the molecule is C=C(c1ccccc1)c1ccc([Si](CN2CCN(C)CC2)(OC)OC)cc1. The van der Waals surface area contributed by atoms with Crippen molar-refractivity contribution < 1.29 is 8.85 Å². The molecule has 2 aromatic rings. The Hall–Kier alpha value is -1.76. The van der Waals surface area contributed by atoms with Crippen LogP contribution in [0.3, 0.4) is 0 Å². The first-order valence-electron chi connectivity index (χ1n) is 9.44. The van der Waals surface area contributed by atoms with Crippen LogP contribution < -0.4 is 5.19 Å². The van der Waals surface area contributed by atoms with Crippen molar-refractivity contribution in [2.45, 2.75) is 0 Å². The third-order valence-electron chi connectivity index (χ3n) is 5.48. The normalized spacial score (nSPS) is 16.4. The van der Waals surface area contributed by atoms with Gasteiger partial charge in [0, 0.05) is 46.6 Å². The van der Waals surface area contributed by atoms with E-state index in [4.69, 9.17) is 8.85 Å². The Kier molecular flexibility index (Phi) is 6.62. The summed E-state index contributed by atoms with van der Waals surface area (Å²) in [6.07, 6.45) is 0.854. The predicted molar refractivity (Wildman–Crippen MR) is 114 cm³/mol. The molecule has 0 spiro atoms. The van der Waals surface area contributed by atoms with Crippen molar-refractivity contribution in [1.29, 1.82) is 0 Å². The molecule has 0 unspecified atom stereocenters. The van der Waals surface area contributed by atoms with Gasteiger partial charge in [0.2, 0.25) is 0 Å². The average molecular weight is 383 g/mol. The topological polar surface area (TPSA) is 24.9 Å². The number of hydrogen-bond acceptors (Lipinski definition) is 4. The highest BCUT2D eigenvalue weighted by Crippen LogP contribution is 2.21. The van der Waals surface area contributed by atoms with Crippen molar-refractivity contribution in [3.63, 3.8) is 0 Å². The minimum absolute atomic E-state index is 0.854. The van der Waals surface area contributed by atoms with Crippen LogP contribution in [0.5, 0.6) is 0 Å². The molecule has 0 amide bonds. The Labute approximate surface area is 164 Å². The highest BCUT2D eigenvalue weighted by Gasteiger charge is 2.40. The molecule has 0 aliphatic carbocycles. The molecule has 1 saturated heterocycles. The predicted octanol–water partition coefficient (Wildman–Crippen LogP) is 2.48. The van der Waals surface area contributed by atoms with Gasteiger partial charge in [-0.05, 0) is 28.9 Å². The van der Waals surface area contributed by atoms with Crippen molar-refractivity contribution in [3.05, 3.63) is 72.3 Å². The van der Waals surface area contributed by atoms with E-state index in [1.807, 2.05) is 18.2 Å². The zero-order valence-corrected chi connectivity index (χ0v) is 17.6. The lowest BCUT2D eigenvalue weighted by molar-refractivity contribution is 0.149. The molecule has 3 rings (SSSR count).